The topological polar surface area (TPSA) is 37.4 Å². The fourth-order valence-corrected chi connectivity index (χ4v) is 2.87. The molecule has 1 fully saturated rings. The van der Waals surface area contributed by atoms with Gasteiger partial charge in [-0.3, -0.25) is 9.88 Å². The van der Waals surface area contributed by atoms with E-state index >= 15 is 0 Å². The summed E-state index contributed by atoms with van der Waals surface area (Å²) in [6.45, 7) is 10.2. The first-order chi connectivity index (χ1) is 9.83. The maximum absolute atomic E-state index is 5.67. The summed E-state index contributed by atoms with van der Waals surface area (Å²) in [6.07, 6.45) is 2.99. The average Bonchev–Trinajstić information content (AvgIpc) is 2.50. The molecule has 1 N–H and O–H groups in total. The normalized spacial score (nSPS) is 23.1. The molecular weight excluding hydrogens is 250 g/mol. The smallest absolute Gasteiger partial charge is 0.0543 e. The number of pyridine rings is 1. The Balaban J connectivity index is 1.90. The van der Waals surface area contributed by atoms with E-state index in [-0.39, 0.29) is 0 Å². The van der Waals surface area contributed by atoms with Crippen LogP contribution in [0.2, 0.25) is 0 Å². The third-order valence-corrected chi connectivity index (χ3v) is 3.99. The summed E-state index contributed by atoms with van der Waals surface area (Å²) in [4.78, 5) is 6.89. The first kappa shape index (κ1) is 15.4. The highest BCUT2D eigenvalue weighted by Crippen LogP contribution is 2.17. The molecule has 4 nitrogen and oxygen atoms in total. The molecule has 1 aromatic heterocycles. The van der Waals surface area contributed by atoms with Gasteiger partial charge in [0.1, 0.15) is 0 Å². The zero-order valence-corrected chi connectivity index (χ0v) is 12.7. The highest BCUT2D eigenvalue weighted by molar-refractivity contribution is 5.03. The fourth-order valence-electron chi connectivity index (χ4n) is 2.87. The first-order valence-electron chi connectivity index (χ1n) is 7.76. The van der Waals surface area contributed by atoms with Gasteiger partial charge in [0, 0.05) is 37.9 Å². The van der Waals surface area contributed by atoms with Crippen LogP contribution in [0.4, 0.5) is 0 Å². The second-order valence-electron chi connectivity index (χ2n) is 5.44. The number of ether oxygens (including phenoxy) is 1. The number of rotatable bonds is 7. The van der Waals surface area contributed by atoms with Crippen molar-refractivity contribution in [2.24, 2.45) is 5.92 Å². The number of hydrogen-bond donors (Lipinski definition) is 1. The molecule has 0 aliphatic carbocycles. The Hall–Kier alpha value is -0.970. The third-order valence-electron chi connectivity index (χ3n) is 3.99. The zero-order valence-electron chi connectivity index (χ0n) is 12.7. The van der Waals surface area contributed by atoms with Crippen molar-refractivity contribution in [3.05, 3.63) is 30.1 Å². The summed E-state index contributed by atoms with van der Waals surface area (Å²) in [5.74, 6) is 0.576. The molecule has 2 unspecified atom stereocenters. The molecule has 0 spiro atoms. The Bertz CT molecular complexity index is 369. The minimum absolute atomic E-state index is 0.576. The van der Waals surface area contributed by atoms with E-state index in [0.29, 0.717) is 12.0 Å². The largest absolute Gasteiger partial charge is 0.381 e. The minimum atomic E-state index is 0.576. The summed E-state index contributed by atoms with van der Waals surface area (Å²) in [5, 5.41) is 3.61. The first-order valence-corrected chi connectivity index (χ1v) is 7.76. The molecule has 0 saturated carbocycles. The number of aromatic nitrogens is 1. The van der Waals surface area contributed by atoms with Gasteiger partial charge in [0.15, 0.2) is 0 Å². The summed E-state index contributed by atoms with van der Waals surface area (Å²) >= 11 is 0. The molecule has 2 rings (SSSR count). The van der Waals surface area contributed by atoms with E-state index in [0.717, 1.165) is 51.5 Å². The van der Waals surface area contributed by atoms with E-state index in [1.54, 1.807) is 0 Å². The lowest BCUT2D eigenvalue weighted by Gasteiger charge is -2.35. The molecule has 1 saturated heterocycles. The van der Waals surface area contributed by atoms with Crippen LogP contribution in [0.5, 0.6) is 0 Å². The zero-order chi connectivity index (χ0) is 14.2. The summed E-state index contributed by atoms with van der Waals surface area (Å²) in [6, 6.07) is 6.71. The second kappa shape index (κ2) is 8.35. The second-order valence-corrected chi connectivity index (χ2v) is 5.44. The van der Waals surface area contributed by atoms with E-state index in [9.17, 15) is 0 Å². The third kappa shape index (κ3) is 4.54. The van der Waals surface area contributed by atoms with E-state index in [1.807, 2.05) is 12.3 Å². The van der Waals surface area contributed by atoms with Gasteiger partial charge in [0.05, 0.1) is 12.3 Å². The van der Waals surface area contributed by atoms with Crippen LogP contribution in [0.15, 0.2) is 24.4 Å². The average molecular weight is 277 g/mol. The predicted molar refractivity (Wildman–Crippen MR) is 81.6 cm³/mol. The highest BCUT2D eigenvalue weighted by Gasteiger charge is 2.26. The standard InChI is InChI=1S/C16H27N3O/c1-3-17-16-8-10-20-13-14(16)11-19(4-2)12-15-7-5-6-9-18-15/h5-7,9,14,16-17H,3-4,8,10-13H2,1-2H3. The van der Waals surface area contributed by atoms with E-state index in [1.165, 1.54) is 0 Å². The van der Waals surface area contributed by atoms with Crippen LogP contribution in [0, 0.1) is 5.92 Å². The Kier molecular flexibility index (Phi) is 6.43. The van der Waals surface area contributed by atoms with Gasteiger partial charge in [0.25, 0.3) is 0 Å². The molecule has 112 valence electrons. The number of nitrogens with zero attached hydrogens (tertiary/aromatic N) is 2. The van der Waals surface area contributed by atoms with Gasteiger partial charge in [-0.25, -0.2) is 0 Å². The molecule has 0 aromatic carbocycles. The van der Waals surface area contributed by atoms with Crippen LogP contribution in [0.1, 0.15) is 26.0 Å². The molecule has 2 heterocycles. The lowest BCUT2D eigenvalue weighted by Crippen LogP contribution is -2.47. The van der Waals surface area contributed by atoms with Crippen LogP contribution >= 0.6 is 0 Å². The van der Waals surface area contributed by atoms with Crippen molar-refractivity contribution >= 4 is 0 Å². The molecule has 20 heavy (non-hydrogen) atoms. The minimum Gasteiger partial charge on any atom is -0.381 e. The van der Waals surface area contributed by atoms with E-state index in [4.69, 9.17) is 4.74 Å². The predicted octanol–water partition coefficient (Wildman–Crippen LogP) is 1.92. The Morgan fingerprint density at radius 2 is 2.30 bits per heavy atom. The molecule has 0 radical (unpaired) electrons. The van der Waals surface area contributed by atoms with Crippen molar-refractivity contribution in [2.45, 2.75) is 32.9 Å². The monoisotopic (exact) mass is 277 g/mol. The summed E-state index contributed by atoms with van der Waals surface area (Å²) < 4.78 is 5.67. The van der Waals surface area contributed by atoms with Gasteiger partial charge in [0.2, 0.25) is 0 Å². The summed E-state index contributed by atoms with van der Waals surface area (Å²) in [7, 11) is 0. The maximum atomic E-state index is 5.67. The van der Waals surface area contributed by atoms with Crippen LogP contribution in [-0.2, 0) is 11.3 Å². The van der Waals surface area contributed by atoms with Crippen molar-refractivity contribution in [2.75, 3.05) is 32.8 Å². The maximum Gasteiger partial charge on any atom is 0.0543 e. The van der Waals surface area contributed by atoms with Gasteiger partial charge >= 0.3 is 0 Å². The van der Waals surface area contributed by atoms with Gasteiger partial charge in [-0.15, -0.1) is 0 Å². The SMILES string of the molecule is CCNC1CCOCC1CN(CC)Cc1ccccn1. The lowest BCUT2D eigenvalue weighted by atomic mass is 9.95. The van der Waals surface area contributed by atoms with Crippen LogP contribution in [0.25, 0.3) is 0 Å². The Morgan fingerprint density at radius 1 is 1.40 bits per heavy atom. The number of nitrogens with one attached hydrogen (secondary N) is 1. The Morgan fingerprint density at radius 3 is 3.00 bits per heavy atom. The van der Waals surface area contributed by atoms with Crippen molar-refractivity contribution in [3.8, 4) is 0 Å². The molecule has 1 aliphatic heterocycles. The molecule has 2 atom stereocenters. The van der Waals surface area contributed by atoms with Crippen molar-refractivity contribution in [1.82, 2.24) is 15.2 Å². The van der Waals surface area contributed by atoms with E-state index < -0.39 is 0 Å². The Labute approximate surface area is 122 Å². The van der Waals surface area contributed by atoms with Crippen LogP contribution < -0.4 is 5.32 Å². The highest BCUT2D eigenvalue weighted by atomic mass is 16.5. The lowest BCUT2D eigenvalue weighted by molar-refractivity contribution is 0.0164. The van der Waals surface area contributed by atoms with Gasteiger partial charge in [-0.05, 0) is 31.6 Å². The van der Waals surface area contributed by atoms with E-state index in [2.05, 4.69) is 41.2 Å². The van der Waals surface area contributed by atoms with Crippen molar-refractivity contribution < 1.29 is 4.74 Å². The molecule has 0 bridgehead atoms. The molecule has 1 aromatic rings. The van der Waals surface area contributed by atoms with Gasteiger partial charge in [-0.2, -0.15) is 0 Å². The van der Waals surface area contributed by atoms with Gasteiger partial charge in [-0.1, -0.05) is 19.9 Å². The van der Waals surface area contributed by atoms with Crippen LogP contribution in [0.3, 0.4) is 0 Å². The molecular formula is C16H27N3O. The van der Waals surface area contributed by atoms with Crippen LogP contribution in [-0.4, -0.2) is 48.8 Å². The summed E-state index contributed by atoms with van der Waals surface area (Å²) in [5.41, 5.74) is 1.14. The molecule has 4 heteroatoms. The van der Waals surface area contributed by atoms with Crippen molar-refractivity contribution in [3.63, 3.8) is 0 Å². The van der Waals surface area contributed by atoms with Gasteiger partial charge < -0.3 is 10.1 Å². The quantitative estimate of drug-likeness (QED) is 0.826. The number of hydrogen-bond acceptors (Lipinski definition) is 4. The molecule has 0 amide bonds. The molecule has 1 aliphatic rings. The fraction of sp³-hybridized carbons (Fsp3) is 0.688. The van der Waals surface area contributed by atoms with Crippen molar-refractivity contribution in [1.29, 1.82) is 0 Å².